The summed E-state index contributed by atoms with van der Waals surface area (Å²) in [4.78, 5) is 2.23. The zero-order valence-electron chi connectivity index (χ0n) is 13.7. The Bertz CT molecular complexity index is 757. The third kappa shape index (κ3) is 4.55. The summed E-state index contributed by atoms with van der Waals surface area (Å²) in [5.41, 5.74) is 3.90. The van der Waals surface area contributed by atoms with Crippen LogP contribution in [0.5, 0.6) is 0 Å². The summed E-state index contributed by atoms with van der Waals surface area (Å²) in [5, 5.41) is 10.4. The van der Waals surface area contributed by atoms with Gasteiger partial charge in [0, 0.05) is 34.4 Å². The van der Waals surface area contributed by atoms with E-state index in [0.717, 1.165) is 18.8 Å². The van der Waals surface area contributed by atoms with Gasteiger partial charge in [0.2, 0.25) is 0 Å². The molecule has 128 valence electrons. The number of hydrogen-bond donors (Lipinski definition) is 1. The van der Waals surface area contributed by atoms with Crippen molar-refractivity contribution >= 4 is 28.9 Å². The van der Waals surface area contributed by atoms with E-state index >= 15 is 0 Å². The smallest absolute Gasteiger partial charge is 0.0711 e. The Morgan fingerprint density at radius 1 is 0.720 bits per heavy atom. The highest BCUT2D eigenvalue weighted by molar-refractivity contribution is 6.36. The normalized spacial score (nSPS) is 10.7. The van der Waals surface area contributed by atoms with Gasteiger partial charge in [-0.2, -0.15) is 0 Å². The monoisotopic (exact) mass is 371 g/mol. The molecule has 0 amide bonds. The molecule has 0 fully saturated rings. The molecule has 0 unspecified atom stereocenters. The number of nitrogens with zero attached hydrogens (tertiary/aromatic N) is 1. The molecule has 1 N–H and O–H groups in total. The molecule has 25 heavy (non-hydrogen) atoms. The van der Waals surface area contributed by atoms with Crippen molar-refractivity contribution in [3.05, 3.63) is 99.5 Å². The first-order valence-corrected chi connectivity index (χ1v) is 8.84. The Balaban J connectivity index is 1.95. The van der Waals surface area contributed by atoms with Crippen LogP contribution in [0.25, 0.3) is 0 Å². The predicted molar refractivity (Wildman–Crippen MR) is 105 cm³/mol. The Morgan fingerprint density at radius 3 is 1.56 bits per heavy atom. The Morgan fingerprint density at radius 2 is 1.16 bits per heavy atom. The lowest BCUT2D eigenvalue weighted by Crippen LogP contribution is -2.22. The highest BCUT2D eigenvalue weighted by Crippen LogP contribution is 2.32. The second-order valence-electron chi connectivity index (χ2n) is 5.87. The Kier molecular flexibility index (Phi) is 5.98. The number of halogens is 2. The van der Waals surface area contributed by atoms with Crippen molar-refractivity contribution in [1.29, 1.82) is 0 Å². The number of aliphatic hydroxyl groups is 1. The second-order valence-corrected chi connectivity index (χ2v) is 6.69. The minimum absolute atomic E-state index is 0.171. The van der Waals surface area contributed by atoms with E-state index in [-0.39, 0.29) is 6.61 Å². The van der Waals surface area contributed by atoms with Gasteiger partial charge in [-0.3, -0.25) is 0 Å². The molecule has 3 aromatic rings. The Labute approximate surface area is 158 Å². The highest BCUT2D eigenvalue weighted by atomic mass is 35.5. The van der Waals surface area contributed by atoms with Crippen LogP contribution in [0.1, 0.15) is 16.7 Å². The van der Waals surface area contributed by atoms with Gasteiger partial charge in [-0.15, -0.1) is 0 Å². The molecular formula is C21H19Cl2NO. The van der Waals surface area contributed by atoms with Crippen molar-refractivity contribution in [2.75, 3.05) is 4.90 Å². The van der Waals surface area contributed by atoms with Crippen LogP contribution in [0.3, 0.4) is 0 Å². The molecule has 4 heteroatoms. The second kappa shape index (κ2) is 8.39. The first-order valence-electron chi connectivity index (χ1n) is 8.09. The van der Waals surface area contributed by atoms with E-state index in [1.165, 1.54) is 11.1 Å². The summed E-state index contributed by atoms with van der Waals surface area (Å²) >= 11 is 12.6. The van der Waals surface area contributed by atoms with E-state index in [1.54, 1.807) is 0 Å². The van der Waals surface area contributed by atoms with Crippen LogP contribution in [0.2, 0.25) is 10.0 Å². The van der Waals surface area contributed by atoms with Crippen LogP contribution in [-0.2, 0) is 19.7 Å². The third-order valence-electron chi connectivity index (χ3n) is 4.08. The number of rotatable bonds is 6. The first-order chi connectivity index (χ1) is 12.2. The number of anilines is 1. The highest BCUT2D eigenvalue weighted by Gasteiger charge is 2.13. The van der Waals surface area contributed by atoms with Gasteiger partial charge in [-0.05, 0) is 23.3 Å². The van der Waals surface area contributed by atoms with Gasteiger partial charge in [0.05, 0.1) is 6.61 Å². The average molecular weight is 372 g/mol. The van der Waals surface area contributed by atoms with Gasteiger partial charge < -0.3 is 10.0 Å². The summed E-state index contributed by atoms with van der Waals surface area (Å²) < 4.78 is 0. The third-order valence-corrected chi connectivity index (χ3v) is 4.76. The topological polar surface area (TPSA) is 23.5 Å². The number of hydrogen-bond acceptors (Lipinski definition) is 2. The van der Waals surface area contributed by atoms with Gasteiger partial charge in [0.25, 0.3) is 0 Å². The van der Waals surface area contributed by atoms with E-state index in [4.69, 9.17) is 23.2 Å². The molecule has 3 rings (SSSR count). The summed E-state index contributed by atoms with van der Waals surface area (Å²) in [7, 11) is 0. The molecule has 0 heterocycles. The van der Waals surface area contributed by atoms with Crippen molar-refractivity contribution in [3.63, 3.8) is 0 Å². The largest absolute Gasteiger partial charge is 0.392 e. The van der Waals surface area contributed by atoms with Crippen molar-refractivity contribution in [2.24, 2.45) is 0 Å². The first kappa shape index (κ1) is 17.8. The molecule has 0 saturated heterocycles. The van der Waals surface area contributed by atoms with E-state index < -0.39 is 0 Å². The fourth-order valence-corrected chi connectivity index (χ4v) is 3.36. The zero-order chi connectivity index (χ0) is 17.6. The fourth-order valence-electron chi connectivity index (χ4n) is 2.77. The molecule has 0 atom stereocenters. The lowest BCUT2D eigenvalue weighted by atomic mass is 10.1. The Hall–Kier alpha value is -2.00. The number of aliphatic hydroxyl groups excluding tert-OH is 1. The van der Waals surface area contributed by atoms with Crippen LogP contribution in [0.4, 0.5) is 5.69 Å². The summed E-state index contributed by atoms with van der Waals surface area (Å²) in [6.07, 6.45) is 0. The van der Waals surface area contributed by atoms with Gasteiger partial charge >= 0.3 is 0 Å². The maximum atomic E-state index is 9.42. The minimum Gasteiger partial charge on any atom is -0.392 e. The van der Waals surface area contributed by atoms with Crippen molar-refractivity contribution in [3.8, 4) is 0 Å². The van der Waals surface area contributed by atoms with E-state index in [1.807, 2.05) is 48.5 Å². The average Bonchev–Trinajstić information content (AvgIpc) is 2.63. The molecule has 0 radical (unpaired) electrons. The molecule has 2 nitrogen and oxygen atoms in total. The minimum atomic E-state index is -0.171. The van der Waals surface area contributed by atoms with Crippen LogP contribution in [0.15, 0.2) is 72.8 Å². The van der Waals surface area contributed by atoms with E-state index in [9.17, 15) is 5.11 Å². The number of benzene rings is 3. The standard InChI is InChI=1S/C21H19Cl2NO/c22-20-11-18(12-21(23)19(20)15-25)24(13-16-7-3-1-4-8-16)14-17-9-5-2-6-10-17/h1-12,25H,13-15H2. The fraction of sp³-hybridized carbons (Fsp3) is 0.143. The molecule has 0 saturated carbocycles. The van der Waals surface area contributed by atoms with Crippen molar-refractivity contribution in [2.45, 2.75) is 19.7 Å². The maximum Gasteiger partial charge on any atom is 0.0711 e. The van der Waals surface area contributed by atoms with Gasteiger partial charge in [0.1, 0.15) is 0 Å². The molecule has 0 spiro atoms. The molecule has 0 aliphatic carbocycles. The molecule has 3 aromatic carbocycles. The van der Waals surface area contributed by atoms with Crippen LogP contribution in [-0.4, -0.2) is 5.11 Å². The van der Waals surface area contributed by atoms with Crippen LogP contribution in [0, 0.1) is 0 Å². The van der Waals surface area contributed by atoms with E-state index in [0.29, 0.717) is 15.6 Å². The summed E-state index contributed by atoms with van der Waals surface area (Å²) in [6.45, 7) is 1.30. The molecule has 0 bridgehead atoms. The SMILES string of the molecule is OCc1c(Cl)cc(N(Cc2ccccc2)Cc2ccccc2)cc1Cl. The van der Waals surface area contributed by atoms with Gasteiger partial charge in [0.15, 0.2) is 0 Å². The summed E-state index contributed by atoms with van der Waals surface area (Å²) in [6, 6.07) is 24.3. The van der Waals surface area contributed by atoms with Gasteiger partial charge in [-0.1, -0.05) is 83.9 Å². The maximum absolute atomic E-state index is 9.42. The van der Waals surface area contributed by atoms with Crippen molar-refractivity contribution in [1.82, 2.24) is 0 Å². The quantitative estimate of drug-likeness (QED) is 0.601. The van der Waals surface area contributed by atoms with E-state index in [2.05, 4.69) is 29.2 Å². The molecule has 0 aromatic heterocycles. The lowest BCUT2D eigenvalue weighted by Gasteiger charge is -2.26. The predicted octanol–water partition coefficient (Wildman–Crippen LogP) is 5.69. The van der Waals surface area contributed by atoms with Crippen LogP contribution >= 0.6 is 23.2 Å². The molecular weight excluding hydrogens is 353 g/mol. The summed E-state index contributed by atoms with van der Waals surface area (Å²) in [5.74, 6) is 0. The molecule has 0 aliphatic rings. The lowest BCUT2D eigenvalue weighted by molar-refractivity contribution is 0.282. The van der Waals surface area contributed by atoms with Crippen LogP contribution < -0.4 is 4.90 Å². The van der Waals surface area contributed by atoms with Gasteiger partial charge in [-0.25, -0.2) is 0 Å². The van der Waals surface area contributed by atoms with Crippen molar-refractivity contribution < 1.29 is 5.11 Å². The molecule has 0 aliphatic heterocycles. The zero-order valence-corrected chi connectivity index (χ0v) is 15.2.